The molecule has 5 nitrogen and oxygen atoms in total. The van der Waals surface area contributed by atoms with Crippen LogP contribution in [-0.2, 0) is 6.54 Å². The first-order chi connectivity index (χ1) is 13.9. The van der Waals surface area contributed by atoms with E-state index in [1.807, 2.05) is 9.80 Å². The Morgan fingerprint density at radius 3 is 2.48 bits per heavy atom. The lowest BCUT2D eigenvalue weighted by Crippen LogP contribution is -2.46. The molecule has 1 aliphatic rings. The molecule has 4 rings (SSSR count). The Morgan fingerprint density at radius 1 is 1.10 bits per heavy atom. The monoisotopic (exact) mass is 402 g/mol. The van der Waals surface area contributed by atoms with E-state index in [-0.39, 0.29) is 5.78 Å². The fourth-order valence-electron chi connectivity index (χ4n) is 3.75. The van der Waals surface area contributed by atoms with Crippen LogP contribution in [0.1, 0.15) is 29.7 Å². The maximum atomic E-state index is 14.4. The number of anilines is 1. The molecule has 1 aliphatic heterocycles. The number of para-hydroxylation sites is 2. The van der Waals surface area contributed by atoms with Gasteiger partial charge in [-0.1, -0.05) is 12.1 Å². The van der Waals surface area contributed by atoms with Crippen LogP contribution in [0.5, 0.6) is 0 Å². The molecule has 0 spiro atoms. The van der Waals surface area contributed by atoms with Gasteiger partial charge in [0, 0.05) is 31.7 Å². The summed E-state index contributed by atoms with van der Waals surface area (Å²) in [6, 6.07) is 11.4. The number of aromatic nitrogens is 2. The smallest absolute Gasteiger partial charge is 0.320 e. The Bertz CT molecular complexity index is 1040. The van der Waals surface area contributed by atoms with E-state index in [0.29, 0.717) is 60.8 Å². The third-order valence-corrected chi connectivity index (χ3v) is 5.30. The van der Waals surface area contributed by atoms with Crippen molar-refractivity contribution in [2.75, 3.05) is 31.1 Å². The van der Waals surface area contributed by atoms with Crippen LogP contribution >= 0.6 is 0 Å². The van der Waals surface area contributed by atoms with Gasteiger partial charge in [0.25, 0.3) is 0 Å². The molecule has 8 heteroatoms. The standard InChI is InChI=1S/C21H21F3N4O/c1-14(29)15-6-7-18(16(22)12-15)27-10-8-26(9-11-27)13-20-25-17-4-2-3-5-19(17)28(20)21(23)24/h2-7,12,21H,8-11,13H2,1H3. The van der Waals surface area contributed by atoms with Gasteiger partial charge < -0.3 is 4.90 Å². The number of hydrogen-bond acceptors (Lipinski definition) is 4. The van der Waals surface area contributed by atoms with E-state index in [0.717, 1.165) is 4.57 Å². The van der Waals surface area contributed by atoms with Crippen LogP contribution in [0.3, 0.4) is 0 Å². The van der Waals surface area contributed by atoms with Crippen LogP contribution in [0.2, 0.25) is 0 Å². The lowest BCUT2D eigenvalue weighted by molar-refractivity contribution is 0.0681. The number of fused-ring (bicyclic) bond motifs is 1. The quantitative estimate of drug-likeness (QED) is 0.603. The lowest BCUT2D eigenvalue weighted by Gasteiger charge is -2.36. The van der Waals surface area contributed by atoms with Gasteiger partial charge in [-0.05, 0) is 37.3 Å². The Labute approximate surface area is 166 Å². The van der Waals surface area contributed by atoms with Crippen LogP contribution in [0.4, 0.5) is 18.9 Å². The van der Waals surface area contributed by atoms with Crippen molar-refractivity contribution < 1.29 is 18.0 Å². The third-order valence-electron chi connectivity index (χ3n) is 5.30. The van der Waals surface area contributed by atoms with Gasteiger partial charge in [-0.2, -0.15) is 8.78 Å². The minimum Gasteiger partial charge on any atom is -0.367 e. The van der Waals surface area contributed by atoms with Crippen molar-refractivity contribution in [1.29, 1.82) is 0 Å². The number of carbonyl (C=O) groups is 1. The molecular formula is C21H21F3N4O. The van der Waals surface area contributed by atoms with E-state index in [4.69, 9.17) is 0 Å². The second-order valence-corrected chi connectivity index (χ2v) is 7.15. The van der Waals surface area contributed by atoms with Crippen LogP contribution in [0, 0.1) is 5.82 Å². The number of carbonyl (C=O) groups excluding carboxylic acids is 1. The molecule has 0 N–H and O–H groups in total. The normalized spacial score (nSPS) is 15.4. The molecule has 1 fully saturated rings. The molecule has 0 amide bonds. The summed E-state index contributed by atoms with van der Waals surface area (Å²) >= 11 is 0. The molecule has 0 unspecified atom stereocenters. The number of imidazole rings is 1. The van der Waals surface area contributed by atoms with E-state index in [1.165, 1.54) is 13.0 Å². The first-order valence-corrected chi connectivity index (χ1v) is 9.46. The number of hydrogen-bond donors (Lipinski definition) is 0. The van der Waals surface area contributed by atoms with E-state index in [9.17, 15) is 18.0 Å². The molecule has 2 aromatic carbocycles. The zero-order chi connectivity index (χ0) is 20.5. The van der Waals surface area contributed by atoms with Gasteiger partial charge >= 0.3 is 6.55 Å². The average Bonchev–Trinajstić information content (AvgIpc) is 3.06. The van der Waals surface area contributed by atoms with Crippen LogP contribution < -0.4 is 4.90 Å². The number of Topliss-reactive ketones (excluding diaryl/α,β-unsaturated/α-hetero) is 1. The number of benzene rings is 2. The van der Waals surface area contributed by atoms with E-state index in [1.54, 1.807) is 36.4 Å². The summed E-state index contributed by atoms with van der Waals surface area (Å²) in [6.07, 6.45) is 0. The predicted molar refractivity (Wildman–Crippen MR) is 105 cm³/mol. The number of nitrogens with zero attached hydrogens (tertiary/aromatic N) is 4. The van der Waals surface area contributed by atoms with Gasteiger partial charge in [0.05, 0.1) is 23.3 Å². The molecule has 2 heterocycles. The summed E-state index contributed by atoms with van der Waals surface area (Å²) in [6.45, 7) is 1.36. The van der Waals surface area contributed by atoms with Crippen LogP contribution in [0.25, 0.3) is 11.0 Å². The SMILES string of the molecule is CC(=O)c1ccc(N2CCN(Cc3nc4ccccc4n3C(F)F)CC2)c(F)c1. The number of halogens is 3. The summed E-state index contributed by atoms with van der Waals surface area (Å²) in [5, 5.41) is 0. The average molecular weight is 402 g/mol. The maximum Gasteiger partial charge on any atom is 0.320 e. The molecule has 0 bridgehead atoms. The van der Waals surface area contributed by atoms with Crippen LogP contribution in [0.15, 0.2) is 42.5 Å². The molecule has 0 atom stereocenters. The maximum absolute atomic E-state index is 14.4. The van der Waals surface area contributed by atoms with E-state index in [2.05, 4.69) is 4.98 Å². The van der Waals surface area contributed by atoms with Crippen molar-refractivity contribution in [3.05, 3.63) is 59.7 Å². The number of rotatable bonds is 5. The molecule has 0 saturated carbocycles. The molecule has 3 aromatic rings. The van der Waals surface area contributed by atoms with Crippen molar-refractivity contribution >= 4 is 22.5 Å². The minimum absolute atomic E-state index is 0.179. The zero-order valence-corrected chi connectivity index (χ0v) is 16.0. The summed E-state index contributed by atoms with van der Waals surface area (Å²) in [7, 11) is 0. The van der Waals surface area contributed by atoms with Gasteiger partial charge in [-0.15, -0.1) is 0 Å². The van der Waals surface area contributed by atoms with E-state index < -0.39 is 12.4 Å². The fourth-order valence-corrected chi connectivity index (χ4v) is 3.75. The Kier molecular flexibility index (Phi) is 5.27. The lowest BCUT2D eigenvalue weighted by atomic mass is 10.1. The van der Waals surface area contributed by atoms with Crippen molar-refractivity contribution in [2.24, 2.45) is 0 Å². The Balaban J connectivity index is 1.46. The van der Waals surface area contributed by atoms with Crippen molar-refractivity contribution in [3.63, 3.8) is 0 Å². The highest BCUT2D eigenvalue weighted by Gasteiger charge is 2.24. The van der Waals surface area contributed by atoms with Crippen LogP contribution in [-0.4, -0.2) is 46.4 Å². The molecule has 0 aliphatic carbocycles. The topological polar surface area (TPSA) is 41.4 Å². The van der Waals surface area contributed by atoms with Gasteiger partial charge in [0.1, 0.15) is 11.6 Å². The van der Waals surface area contributed by atoms with Crippen molar-refractivity contribution in [3.8, 4) is 0 Å². The highest BCUT2D eigenvalue weighted by Crippen LogP contribution is 2.26. The minimum atomic E-state index is -2.66. The summed E-state index contributed by atoms with van der Waals surface area (Å²) in [4.78, 5) is 19.7. The first-order valence-electron chi connectivity index (χ1n) is 9.46. The summed E-state index contributed by atoms with van der Waals surface area (Å²) in [5.41, 5.74) is 1.77. The number of alkyl halides is 2. The fraction of sp³-hybridized carbons (Fsp3) is 0.333. The third kappa shape index (κ3) is 3.85. The van der Waals surface area contributed by atoms with Gasteiger partial charge in [0.2, 0.25) is 0 Å². The molecule has 29 heavy (non-hydrogen) atoms. The molecule has 1 aromatic heterocycles. The second kappa shape index (κ2) is 7.87. The first kappa shape index (κ1) is 19.4. The molecule has 152 valence electrons. The highest BCUT2D eigenvalue weighted by molar-refractivity contribution is 5.94. The zero-order valence-electron chi connectivity index (χ0n) is 16.0. The van der Waals surface area contributed by atoms with Crippen molar-refractivity contribution in [2.45, 2.75) is 20.0 Å². The molecule has 1 saturated heterocycles. The van der Waals surface area contributed by atoms with E-state index >= 15 is 0 Å². The Hall–Kier alpha value is -2.87. The summed E-state index contributed by atoms with van der Waals surface area (Å²) in [5.74, 6) is -0.278. The number of ketones is 1. The summed E-state index contributed by atoms with van der Waals surface area (Å²) < 4.78 is 42.6. The second-order valence-electron chi connectivity index (χ2n) is 7.15. The molecular weight excluding hydrogens is 381 g/mol. The van der Waals surface area contributed by atoms with Crippen molar-refractivity contribution in [1.82, 2.24) is 14.5 Å². The highest BCUT2D eigenvalue weighted by atomic mass is 19.3. The van der Waals surface area contributed by atoms with Gasteiger partial charge in [0.15, 0.2) is 5.78 Å². The largest absolute Gasteiger partial charge is 0.367 e. The van der Waals surface area contributed by atoms with Gasteiger partial charge in [-0.3, -0.25) is 14.3 Å². The molecule has 0 radical (unpaired) electrons. The number of piperazine rings is 1. The Morgan fingerprint density at radius 2 is 1.83 bits per heavy atom. The predicted octanol–water partition coefficient (Wildman–Crippen LogP) is 4.10. The van der Waals surface area contributed by atoms with Gasteiger partial charge in [-0.25, -0.2) is 9.37 Å².